The van der Waals surface area contributed by atoms with E-state index >= 15 is 0 Å². The van der Waals surface area contributed by atoms with Crippen LogP contribution in [0.5, 0.6) is 0 Å². The van der Waals surface area contributed by atoms with Gasteiger partial charge >= 0.3 is 5.97 Å². The van der Waals surface area contributed by atoms with Crippen LogP contribution in [-0.2, 0) is 16.0 Å². The molecule has 0 aromatic heterocycles. The quantitative estimate of drug-likeness (QED) is 0.725. The summed E-state index contributed by atoms with van der Waals surface area (Å²) in [6.45, 7) is 1.83. The fourth-order valence-corrected chi connectivity index (χ4v) is 2.89. The van der Waals surface area contributed by atoms with Crippen LogP contribution >= 0.6 is 0 Å². The fourth-order valence-electron chi connectivity index (χ4n) is 2.89. The highest BCUT2D eigenvalue weighted by atomic mass is 16.5. The van der Waals surface area contributed by atoms with E-state index in [0.29, 0.717) is 5.56 Å². The first-order valence-corrected chi connectivity index (χ1v) is 7.35. The van der Waals surface area contributed by atoms with Gasteiger partial charge in [-0.15, -0.1) is 0 Å². The SMILES string of the molecule is CCOC(=O)C(O)C(O)c1ccc2c(c1)Cc1ccccc1-2. The van der Waals surface area contributed by atoms with Gasteiger partial charge in [0.25, 0.3) is 0 Å². The van der Waals surface area contributed by atoms with E-state index in [0.717, 1.165) is 17.5 Å². The number of aliphatic hydroxyl groups excluding tert-OH is 2. The molecule has 0 spiro atoms. The molecule has 2 aromatic carbocycles. The number of esters is 1. The Morgan fingerprint density at radius 2 is 1.86 bits per heavy atom. The van der Waals surface area contributed by atoms with Gasteiger partial charge < -0.3 is 14.9 Å². The monoisotopic (exact) mass is 298 g/mol. The van der Waals surface area contributed by atoms with Crippen molar-refractivity contribution in [1.29, 1.82) is 0 Å². The Hall–Kier alpha value is -2.17. The normalized spacial score (nSPS) is 14.9. The lowest BCUT2D eigenvalue weighted by atomic mass is 9.98. The summed E-state index contributed by atoms with van der Waals surface area (Å²) in [5, 5.41) is 20.1. The standard InChI is InChI=1S/C18H18O4/c1-2-22-18(21)17(20)16(19)12-7-8-15-13(10-12)9-11-5-3-4-6-14(11)15/h3-8,10,16-17,19-20H,2,9H2,1H3. The number of ether oxygens (including phenoxy) is 1. The van der Waals surface area contributed by atoms with Gasteiger partial charge in [-0.05, 0) is 41.2 Å². The summed E-state index contributed by atoms with van der Waals surface area (Å²) in [4.78, 5) is 11.5. The molecule has 0 radical (unpaired) electrons. The summed E-state index contributed by atoms with van der Waals surface area (Å²) in [6, 6.07) is 13.7. The van der Waals surface area contributed by atoms with E-state index in [4.69, 9.17) is 4.74 Å². The van der Waals surface area contributed by atoms with Crippen molar-refractivity contribution < 1.29 is 19.7 Å². The summed E-state index contributed by atoms with van der Waals surface area (Å²) in [6.07, 6.45) is -2.06. The highest BCUT2D eigenvalue weighted by Gasteiger charge is 2.28. The number of aliphatic hydroxyl groups is 2. The zero-order valence-corrected chi connectivity index (χ0v) is 12.3. The zero-order chi connectivity index (χ0) is 15.7. The van der Waals surface area contributed by atoms with E-state index in [9.17, 15) is 15.0 Å². The highest BCUT2D eigenvalue weighted by molar-refractivity contribution is 5.78. The lowest BCUT2D eigenvalue weighted by Gasteiger charge is -2.17. The van der Waals surface area contributed by atoms with Gasteiger partial charge in [-0.3, -0.25) is 0 Å². The Labute approximate surface area is 129 Å². The number of rotatable bonds is 4. The van der Waals surface area contributed by atoms with Gasteiger partial charge in [0.15, 0.2) is 6.10 Å². The molecule has 2 N–H and O–H groups in total. The molecule has 0 aliphatic heterocycles. The number of benzene rings is 2. The maximum absolute atomic E-state index is 11.5. The van der Waals surface area contributed by atoms with Crippen LogP contribution in [0.4, 0.5) is 0 Å². The van der Waals surface area contributed by atoms with Crippen LogP contribution in [0.3, 0.4) is 0 Å². The lowest BCUT2D eigenvalue weighted by molar-refractivity contribution is -0.159. The molecule has 0 amide bonds. The van der Waals surface area contributed by atoms with E-state index in [-0.39, 0.29) is 6.61 Å². The molecule has 0 heterocycles. The molecule has 114 valence electrons. The maximum atomic E-state index is 11.5. The van der Waals surface area contributed by atoms with Crippen molar-refractivity contribution in [3.63, 3.8) is 0 Å². The Bertz CT molecular complexity index is 708. The van der Waals surface area contributed by atoms with Crippen LogP contribution in [0.2, 0.25) is 0 Å². The van der Waals surface area contributed by atoms with Crippen molar-refractivity contribution in [3.8, 4) is 11.1 Å². The Kier molecular flexibility index (Phi) is 3.96. The summed E-state index contributed by atoms with van der Waals surface area (Å²) < 4.78 is 4.74. The van der Waals surface area contributed by atoms with Crippen LogP contribution in [0.1, 0.15) is 29.7 Å². The maximum Gasteiger partial charge on any atom is 0.338 e. The second-order valence-electron chi connectivity index (χ2n) is 5.39. The molecule has 22 heavy (non-hydrogen) atoms. The molecule has 0 bridgehead atoms. The summed E-state index contributed by atoms with van der Waals surface area (Å²) in [7, 11) is 0. The minimum atomic E-state index is -1.57. The number of fused-ring (bicyclic) bond motifs is 3. The van der Waals surface area contributed by atoms with Crippen molar-refractivity contribution in [1.82, 2.24) is 0 Å². The average molecular weight is 298 g/mol. The van der Waals surface area contributed by atoms with Crippen molar-refractivity contribution in [3.05, 3.63) is 59.2 Å². The second kappa shape index (κ2) is 5.91. The predicted molar refractivity (Wildman–Crippen MR) is 82.3 cm³/mol. The first-order chi connectivity index (χ1) is 10.6. The van der Waals surface area contributed by atoms with Crippen LogP contribution < -0.4 is 0 Å². The first kappa shape index (κ1) is 14.8. The summed E-state index contributed by atoms with van der Waals surface area (Å²) in [5.41, 5.74) is 5.19. The molecule has 1 aliphatic rings. The van der Waals surface area contributed by atoms with Gasteiger partial charge in [0.1, 0.15) is 6.10 Å². The molecule has 1 aliphatic carbocycles. The van der Waals surface area contributed by atoms with E-state index in [1.54, 1.807) is 13.0 Å². The Morgan fingerprint density at radius 3 is 2.64 bits per heavy atom. The van der Waals surface area contributed by atoms with Crippen LogP contribution in [-0.4, -0.2) is 28.9 Å². The van der Waals surface area contributed by atoms with Crippen molar-refractivity contribution in [2.75, 3.05) is 6.61 Å². The Morgan fingerprint density at radius 1 is 1.14 bits per heavy atom. The molecule has 0 saturated carbocycles. The fraction of sp³-hybridized carbons (Fsp3) is 0.278. The average Bonchev–Trinajstić information content (AvgIpc) is 2.91. The largest absolute Gasteiger partial charge is 0.464 e. The van der Waals surface area contributed by atoms with Crippen molar-refractivity contribution in [2.24, 2.45) is 0 Å². The van der Waals surface area contributed by atoms with Crippen molar-refractivity contribution in [2.45, 2.75) is 25.6 Å². The van der Waals surface area contributed by atoms with E-state index < -0.39 is 18.2 Å². The smallest absolute Gasteiger partial charge is 0.338 e. The van der Waals surface area contributed by atoms with Gasteiger partial charge in [-0.2, -0.15) is 0 Å². The van der Waals surface area contributed by atoms with Gasteiger partial charge in [-0.1, -0.05) is 42.5 Å². The second-order valence-corrected chi connectivity index (χ2v) is 5.39. The van der Waals surface area contributed by atoms with Gasteiger partial charge in [0, 0.05) is 0 Å². The van der Waals surface area contributed by atoms with E-state index in [1.807, 2.05) is 24.3 Å². The molecule has 2 atom stereocenters. The lowest BCUT2D eigenvalue weighted by Crippen LogP contribution is -2.29. The molecular formula is C18H18O4. The molecular weight excluding hydrogens is 280 g/mol. The molecule has 4 heteroatoms. The number of hydrogen-bond donors (Lipinski definition) is 2. The Balaban J connectivity index is 1.86. The molecule has 0 fully saturated rings. The number of hydrogen-bond acceptors (Lipinski definition) is 4. The summed E-state index contributed by atoms with van der Waals surface area (Å²) in [5.74, 6) is -0.807. The third-order valence-electron chi connectivity index (χ3n) is 3.99. The minimum absolute atomic E-state index is 0.169. The molecule has 3 rings (SSSR count). The van der Waals surface area contributed by atoms with Gasteiger partial charge in [0.05, 0.1) is 6.61 Å². The highest BCUT2D eigenvalue weighted by Crippen LogP contribution is 2.37. The first-order valence-electron chi connectivity index (χ1n) is 7.35. The van der Waals surface area contributed by atoms with E-state index in [2.05, 4.69) is 12.1 Å². The summed E-state index contributed by atoms with van der Waals surface area (Å²) >= 11 is 0. The minimum Gasteiger partial charge on any atom is -0.464 e. The topological polar surface area (TPSA) is 66.8 Å². The predicted octanol–water partition coefficient (Wildman–Crippen LogP) is 2.22. The molecule has 2 unspecified atom stereocenters. The van der Waals surface area contributed by atoms with Crippen LogP contribution in [0.25, 0.3) is 11.1 Å². The van der Waals surface area contributed by atoms with E-state index in [1.165, 1.54) is 11.1 Å². The molecule has 2 aromatic rings. The number of carbonyl (C=O) groups is 1. The molecule has 4 nitrogen and oxygen atoms in total. The third-order valence-corrected chi connectivity index (χ3v) is 3.99. The third kappa shape index (κ3) is 2.51. The van der Waals surface area contributed by atoms with Crippen LogP contribution in [0, 0.1) is 0 Å². The van der Waals surface area contributed by atoms with Gasteiger partial charge in [0.2, 0.25) is 0 Å². The van der Waals surface area contributed by atoms with Crippen molar-refractivity contribution >= 4 is 5.97 Å². The number of carbonyl (C=O) groups excluding carboxylic acids is 1. The van der Waals surface area contributed by atoms with Crippen LogP contribution in [0.15, 0.2) is 42.5 Å². The zero-order valence-electron chi connectivity index (χ0n) is 12.3. The molecule has 0 saturated heterocycles. The van der Waals surface area contributed by atoms with Gasteiger partial charge in [-0.25, -0.2) is 4.79 Å².